The lowest BCUT2D eigenvalue weighted by atomic mass is 10.2. The fraction of sp³-hybridized carbons (Fsp3) is 0.172. The predicted molar refractivity (Wildman–Crippen MR) is 138 cm³/mol. The average Bonchev–Trinajstić information content (AvgIpc) is 3.22. The maximum atomic E-state index is 6.16. The van der Waals surface area contributed by atoms with Crippen LogP contribution in [-0.4, -0.2) is 12.2 Å². The Hall–Kier alpha value is -2.97. The van der Waals surface area contributed by atoms with Crippen LogP contribution in [0.15, 0.2) is 120 Å². The molecule has 1 heterocycles. The van der Waals surface area contributed by atoms with E-state index in [1.807, 2.05) is 12.1 Å². The molecule has 5 rings (SSSR count). The second-order valence-corrected chi connectivity index (χ2v) is 11.3. The largest absolute Gasteiger partial charge is 0.343 e. The second kappa shape index (κ2) is 9.49. The third-order valence-electron chi connectivity index (χ3n) is 6.18. The number of hydrogen-bond donors (Lipinski definition) is 0. The molecule has 4 aromatic rings. The minimum Gasteiger partial charge on any atom is -0.343 e. The summed E-state index contributed by atoms with van der Waals surface area (Å²) in [5.74, 6) is 0. The van der Waals surface area contributed by atoms with Gasteiger partial charge in [-0.25, -0.2) is 0 Å². The first-order valence-electron chi connectivity index (χ1n) is 11.4. The van der Waals surface area contributed by atoms with Gasteiger partial charge in [-0.3, -0.25) is 4.74 Å². The first-order chi connectivity index (χ1) is 16.2. The molecule has 1 aliphatic heterocycles. The number of benzene rings is 4. The van der Waals surface area contributed by atoms with Crippen molar-refractivity contribution in [3.63, 3.8) is 0 Å². The van der Waals surface area contributed by atoms with Gasteiger partial charge >= 0.3 is 0 Å². The zero-order chi connectivity index (χ0) is 22.7. The van der Waals surface area contributed by atoms with Gasteiger partial charge in [0.25, 0.3) is 0 Å². The molecule has 1 saturated heterocycles. The Kier molecular flexibility index (Phi) is 6.28. The Bertz CT molecular complexity index is 1150. The molecule has 166 valence electrons. The van der Waals surface area contributed by atoms with Crippen molar-refractivity contribution >= 4 is 28.7 Å². The van der Waals surface area contributed by atoms with Gasteiger partial charge in [0.15, 0.2) is 6.29 Å². The molecule has 0 saturated carbocycles. The highest BCUT2D eigenvalue weighted by Crippen LogP contribution is 2.50. The maximum absolute atomic E-state index is 6.16. The van der Waals surface area contributed by atoms with Crippen LogP contribution >= 0.6 is 7.05 Å². The van der Waals surface area contributed by atoms with Gasteiger partial charge < -0.3 is 9.47 Å². The lowest BCUT2D eigenvalue weighted by Crippen LogP contribution is -2.25. The smallest absolute Gasteiger partial charge is 0.186 e. The van der Waals surface area contributed by atoms with Crippen LogP contribution in [0.2, 0.25) is 0 Å². The van der Waals surface area contributed by atoms with E-state index in [0.29, 0.717) is 0 Å². The van der Waals surface area contributed by atoms with E-state index in [0.717, 1.165) is 11.3 Å². The van der Waals surface area contributed by atoms with Crippen LogP contribution in [0, 0.1) is 0 Å². The van der Waals surface area contributed by atoms with Crippen LogP contribution in [0.1, 0.15) is 25.7 Å². The van der Waals surface area contributed by atoms with Crippen molar-refractivity contribution in [1.82, 2.24) is 0 Å². The topological polar surface area (TPSA) is 30.8 Å². The SMILES string of the molecule is C[C@H]1OC(c2ccccc2N=P(c2ccccc2)(c2ccccc2)c2ccccc2)O[C@@H]1C. The van der Waals surface area contributed by atoms with Gasteiger partial charge in [0, 0.05) is 21.5 Å². The van der Waals surface area contributed by atoms with Crippen molar-refractivity contribution in [2.45, 2.75) is 32.3 Å². The van der Waals surface area contributed by atoms with Gasteiger partial charge in [-0.1, -0.05) is 109 Å². The van der Waals surface area contributed by atoms with E-state index in [2.05, 4.69) is 117 Å². The highest BCUT2D eigenvalue weighted by molar-refractivity contribution is 7.87. The zero-order valence-corrected chi connectivity index (χ0v) is 19.8. The highest BCUT2D eigenvalue weighted by Gasteiger charge is 2.33. The Labute approximate surface area is 196 Å². The lowest BCUT2D eigenvalue weighted by Gasteiger charge is -2.27. The van der Waals surface area contributed by atoms with Crippen LogP contribution in [0.5, 0.6) is 0 Å². The molecular weight excluding hydrogens is 425 g/mol. The summed E-state index contributed by atoms with van der Waals surface area (Å²) in [5, 5.41) is 3.64. The summed E-state index contributed by atoms with van der Waals surface area (Å²) in [6.07, 6.45) is -0.334. The van der Waals surface area contributed by atoms with E-state index >= 15 is 0 Å². The Morgan fingerprint density at radius 2 is 0.939 bits per heavy atom. The van der Waals surface area contributed by atoms with Gasteiger partial charge in [-0.05, 0) is 19.9 Å². The maximum Gasteiger partial charge on any atom is 0.186 e. The highest BCUT2D eigenvalue weighted by atomic mass is 31.2. The van der Waals surface area contributed by atoms with Gasteiger partial charge in [0.05, 0.1) is 24.9 Å². The third-order valence-corrected chi connectivity index (χ3v) is 9.83. The predicted octanol–water partition coefficient (Wildman–Crippen LogP) is 6.32. The van der Waals surface area contributed by atoms with Crippen molar-refractivity contribution in [3.05, 3.63) is 121 Å². The molecule has 0 amide bonds. The van der Waals surface area contributed by atoms with Crippen molar-refractivity contribution in [2.24, 2.45) is 4.74 Å². The molecule has 0 bridgehead atoms. The van der Waals surface area contributed by atoms with Crippen LogP contribution in [0.3, 0.4) is 0 Å². The monoisotopic (exact) mass is 453 g/mol. The third kappa shape index (κ3) is 4.20. The van der Waals surface area contributed by atoms with E-state index in [9.17, 15) is 0 Å². The lowest BCUT2D eigenvalue weighted by molar-refractivity contribution is -0.0648. The van der Waals surface area contributed by atoms with Gasteiger partial charge in [-0.2, -0.15) is 0 Å². The first kappa shape index (κ1) is 21.9. The molecule has 4 aromatic carbocycles. The molecule has 0 spiro atoms. The van der Waals surface area contributed by atoms with E-state index in [1.165, 1.54) is 15.9 Å². The Morgan fingerprint density at radius 3 is 1.39 bits per heavy atom. The van der Waals surface area contributed by atoms with E-state index in [4.69, 9.17) is 14.2 Å². The zero-order valence-electron chi connectivity index (χ0n) is 18.9. The molecule has 1 aliphatic rings. The molecule has 1 fully saturated rings. The van der Waals surface area contributed by atoms with E-state index in [1.54, 1.807) is 0 Å². The standard InChI is InChI=1S/C29H28NO2P/c1-22-23(2)32-29(31-22)27-20-12-13-21-28(27)30-33(24-14-6-3-7-15-24,25-16-8-4-9-17-25)26-18-10-5-11-19-26/h3-23,29H,1-2H3/t22-,23-/m1/s1. The minimum absolute atomic E-state index is 0.0416. The molecule has 3 nitrogen and oxygen atoms in total. The van der Waals surface area contributed by atoms with Crippen molar-refractivity contribution in [1.29, 1.82) is 0 Å². The summed E-state index contributed by atoms with van der Waals surface area (Å²) in [4.78, 5) is 0. The summed E-state index contributed by atoms with van der Waals surface area (Å²) in [7, 11) is -2.36. The molecule has 0 aliphatic carbocycles. The minimum atomic E-state index is -2.36. The summed E-state index contributed by atoms with van der Waals surface area (Å²) in [5.41, 5.74) is 1.88. The van der Waals surface area contributed by atoms with E-state index in [-0.39, 0.29) is 12.2 Å². The summed E-state index contributed by atoms with van der Waals surface area (Å²) >= 11 is 0. The summed E-state index contributed by atoms with van der Waals surface area (Å²) in [6.45, 7) is 4.11. The van der Waals surface area contributed by atoms with Crippen molar-refractivity contribution < 1.29 is 9.47 Å². The van der Waals surface area contributed by atoms with Crippen LogP contribution in [-0.2, 0) is 9.47 Å². The molecule has 0 N–H and O–H groups in total. The Balaban J connectivity index is 1.82. The van der Waals surface area contributed by atoms with Crippen LogP contribution in [0.4, 0.5) is 5.69 Å². The number of ether oxygens (including phenoxy) is 2. The van der Waals surface area contributed by atoms with Crippen LogP contribution < -0.4 is 15.9 Å². The van der Waals surface area contributed by atoms with Gasteiger partial charge in [0.1, 0.15) is 0 Å². The fourth-order valence-electron chi connectivity index (χ4n) is 4.28. The number of rotatable bonds is 5. The van der Waals surface area contributed by atoms with Crippen molar-refractivity contribution in [3.8, 4) is 0 Å². The van der Waals surface area contributed by atoms with Gasteiger partial charge in [0.2, 0.25) is 0 Å². The molecule has 0 aromatic heterocycles. The Morgan fingerprint density at radius 1 is 0.545 bits per heavy atom. The number of hydrogen-bond acceptors (Lipinski definition) is 3. The first-order valence-corrected chi connectivity index (χ1v) is 13.1. The van der Waals surface area contributed by atoms with E-state index < -0.39 is 13.3 Å². The second-order valence-electron chi connectivity index (χ2n) is 8.32. The molecule has 4 heteroatoms. The molecule has 0 radical (unpaired) electrons. The molecule has 33 heavy (non-hydrogen) atoms. The normalized spacial score (nSPS) is 18.8. The van der Waals surface area contributed by atoms with Crippen molar-refractivity contribution in [2.75, 3.05) is 0 Å². The fourth-order valence-corrected chi connectivity index (χ4v) is 7.84. The summed E-state index contributed by atoms with van der Waals surface area (Å²) < 4.78 is 18.0. The molecular formula is C29H28NO2P. The molecule has 0 unspecified atom stereocenters. The average molecular weight is 454 g/mol. The molecule has 2 atom stereocenters. The van der Waals surface area contributed by atoms with Crippen LogP contribution in [0.25, 0.3) is 0 Å². The van der Waals surface area contributed by atoms with Gasteiger partial charge in [-0.15, -0.1) is 0 Å². The quantitative estimate of drug-likeness (QED) is 0.331. The number of nitrogens with zero attached hydrogens (tertiary/aromatic N) is 1. The summed E-state index contributed by atoms with van der Waals surface area (Å²) in [6, 6.07) is 40.2.